The van der Waals surface area contributed by atoms with Gasteiger partial charge in [0.2, 0.25) is 6.79 Å². The van der Waals surface area contributed by atoms with E-state index in [1.165, 1.54) is 5.56 Å². The zero-order chi connectivity index (χ0) is 24.4. The third-order valence-corrected chi connectivity index (χ3v) is 6.38. The van der Waals surface area contributed by atoms with E-state index < -0.39 is 12.0 Å². The van der Waals surface area contributed by atoms with Crippen LogP contribution in [-0.4, -0.2) is 67.9 Å². The zero-order valence-electron chi connectivity index (χ0n) is 20.0. The summed E-state index contributed by atoms with van der Waals surface area (Å²) in [5, 5.41) is 5.65. The number of rotatable bonds is 7. The SMILES string of the molecule is CCOC(=O)C1=C(CN2CCN(Cc3ccc4c(c3)OCO4)CC2)NC(=O)NC1c1ccc(C)o1. The van der Waals surface area contributed by atoms with Gasteiger partial charge in [-0.2, -0.15) is 0 Å². The average Bonchev–Trinajstić information content (AvgIpc) is 3.48. The number of hydrogen-bond acceptors (Lipinski definition) is 8. The monoisotopic (exact) mass is 482 g/mol. The summed E-state index contributed by atoms with van der Waals surface area (Å²) >= 11 is 0. The number of amides is 2. The lowest BCUT2D eigenvalue weighted by Gasteiger charge is -2.36. The summed E-state index contributed by atoms with van der Waals surface area (Å²) in [6.07, 6.45) is 0. The van der Waals surface area contributed by atoms with Crippen molar-refractivity contribution in [2.45, 2.75) is 26.4 Å². The van der Waals surface area contributed by atoms with Crippen molar-refractivity contribution < 1.29 is 28.2 Å². The smallest absolute Gasteiger partial charge is 0.338 e. The molecule has 2 N–H and O–H groups in total. The molecule has 0 spiro atoms. The van der Waals surface area contributed by atoms with Crippen molar-refractivity contribution in [3.8, 4) is 11.5 Å². The summed E-state index contributed by atoms with van der Waals surface area (Å²) in [7, 11) is 0. The van der Waals surface area contributed by atoms with Crippen LogP contribution in [0, 0.1) is 6.92 Å². The number of furan rings is 1. The van der Waals surface area contributed by atoms with Crippen LogP contribution < -0.4 is 20.1 Å². The van der Waals surface area contributed by atoms with Gasteiger partial charge >= 0.3 is 12.0 Å². The summed E-state index contributed by atoms with van der Waals surface area (Å²) in [6, 6.07) is 8.58. The highest BCUT2D eigenvalue weighted by molar-refractivity contribution is 5.95. The second-order valence-corrected chi connectivity index (χ2v) is 8.83. The van der Waals surface area contributed by atoms with Crippen LogP contribution in [0.1, 0.15) is 30.0 Å². The molecule has 5 rings (SSSR count). The summed E-state index contributed by atoms with van der Waals surface area (Å²) in [4.78, 5) is 30.0. The largest absolute Gasteiger partial charge is 0.464 e. The number of piperazine rings is 1. The molecule has 0 aliphatic carbocycles. The average molecular weight is 483 g/mol. The second-order valence-electron chi connectivity index (χ2n) is 8.83. The van der Waals surface area contributed by atoms with Gasteiger partial charge in [-0.05, 0) is 43.7 Å². The highest BCUT2D eigenvalue weighted by Crippen LogP contribution is 2.33. The molecule has 0 bridgehead atoms. The van der Waals surface area contributed by atoms with E-state index in [0.29, 0.717) is 29.3 Å². The molecule has 1 saturated heterocycles. The van der Waals surface area contributed by atoms with Gasteiger partial charge in [-0.3, -0.25) is 9.80 Å². The summed E-state index contributed by atoms with van der Waals surface area (Å²) in [5.74, 6) is 2.33. The molecule has 0 saturated carbocycles. The van der Waals surface area contributed by atoms with Crippen molar-refractivity contribution in [3.05, 3.63) is 58.7 Å². The molecule has 2 amide bonds. The fourth-order valence-electron chi connectivity index (χ4n) is 4.64. The number of carbonyl (C=O) groups excluding carboxylic acids is 2. The van der Waals surface area contributed by atoms with E-state index in [1.54, 1.807) is 13.0 Å². The first-order valence-electron chi connectivity index (χ1n) is 11.9. The Labute approximate surface area is 203 Å². The first-order valence-corrected chi connectivity index (χ1v) is 11.9. The van der Waals surface area contributed by atoms with Gasteiger partial charge < -0.3 is 29.3 Å². The molecule has 3 aliphatic rings. The lowest BCUT2D eigenvalue weighted by atomic mass is 9.99. The van der Waals surface area contributed by atoms with Gasteiger partial charge in [0.05, 0.1) is 12.2 Å². The number of fused-ring (bicyclic) bond motifs is 1. The van der Waals surface area contributed by atoms with Crippen LogP contribution in [0.4, 0.5) is 4.79 Å². The Morgan fingerprint density at radius 3 is 2.51 bits per heavy atom. The van der Waals surface area contributed by atoms with E-state index in [9.17, 15) is 9.59 Å². The highest BCUT2D eigenvalue weighted by atomic mass is 16.7. The van der Waals surface area contributed by atoms with E-state index in [2.05, 4.69) is 26.5 Å². The van der Waals surface area contributed by atoms with Gasteiger partial charge in [-0.1, -0.05) is 6.07 Å². The molecule has 1 fully saturated rings. The van der Waals surface area contributed by atoms with Gasteiger partial charge in [0.1, 0.15) is 17.6 Å². The number of benzene rings is 1. The van der Waals surface area contributed by atoms with E-state index in [4.69, 9.17) is 18.6 Å². The highest BCUT2D eigenvalue weighted by Gasteiger charge is 2.36. The van der Waals surface area contributed by atoms with Crippen LogP contribution >= 0.6 is 0 Å². The number of ether oxygens (including phenoxy) is 3. The van der Waals surface area contributed by atoms with Crippen molar-refractivity contribution in [3.63, 3.8) is 0 Å². The number of nitrogens with zero attached hydrogens (tertiary/aromatic N) is 2. The van der Waals surface area contributed by atoms with E-state index in [0.717, 1.165) is 44.2 Å². The minimum absolute atomic E-state index is 0.242. The van der Waals surface area contributed by atoms with Gasteiger partial charge in [-0.15, -0.1) is 0 Å². The van der Waals surface area contributed by atoms with E-state index in [1.807, 2.05) is 25.1 Å². The van der Waals surface area contributed by atoms with Crippen molar-refractivity contribution in [2.75, 3.05) is 46.1 Å². The summed E-state index contributed by atoms with van der Waals surface area (Å²) in [5.41, 5.74) is 2.11. The maximum atomic E-state index is 12.9. The molecule has 186 valence electrons. The molecular formula is C25H30N4O6. The first kappa shape index (κ1) is 23.3. The zero-order valence-corrected chi connectivity index (χ0v) is 20.0. The minimum Gasteiger partial charge on any atom is -0.464 e. The Morgan fingerprint density at radius 2 is 1.80 bits per heavy atom. The van der Waals surface area contributed by atoms with Gasteiger partial charge in [0.15, 0.2) is 11.5 Å². The Balaban J connectivity index is 1.27. The molecule has 3 aliphatic heterocycles. The number of urea groups is 1. The fourth-order valence-corrected chi connectivity index (χ4v) is 4.64. The summed E-state index contributed by atoms with van der Waals surface area (Å²) in [6.45, 7) is 8.70. The van der Waals surface area contributed by atoms with Crippen LogP contribution in [0.5, 0.6) is 11.5 Å². The predicted octanol–water partition coefficient (Wildman–Crippen LogP) is 2.31. The van der Waals surface area contributed by atoms with Crippen LogP contribution in [0.15, 0.2) is 46.0 Å². The predicted molar refractivity (Wildman–Crippen MR) is 126 cm³/mol. The Kier molecular flexibility index (Phi) is 6.65. The summed E-state index contributed by atoms with van der Waals surface area (Å²) < 4.78 is 22.0. The normalized spacial score (nSPS) is 20.5. The standard InChI is InChI=1S/C25H30N4O6/c1-3-32-24(30)22-18(26-25(31)27-23(22)20-6-4-16(2)35-20)14-29-10-8-28(9-11-29)13-17-5-7-19-21(12-17)34-15-33-19/h4-7,12,23H,3,8-11,13-15H2,1-2H3,(H2,26,27,31). The van der Waals surface area contributed by atoms with Crippen molar-refractivity contribution >= 4 is 12.0 Å². The Morgan fingerprint density at radius 1 is 1.06 bits per heavy atom. The van der Waals surface area contributed by atoms with E-state index in [-0.39, 0.29) is 19.4 Å². The molecule has 2 aromatic rings. The molecule has 4 heterocycles. The number of aryl methyl sites for hydroxylation is 1. The van der Waals surface area contributed by atoms with Gasteiger partial charge in [0, 0.05) is 45.0 Å². The maximum Gasteiger partial charge on any atom is 0.338 e. The molecule has 10 nitrogen and oxygen atoms in total. The molecule has 1 atom stereocenters. The Bertz CT molecular complexity index is 1130. The molecular weight excluding hydrogens is 452 g/mol. The minimum atomic E-state index is -0.696. The lowest BCUT2D eigenvalue weighted by molar-refractivity contribution is -0.139. The topological polar surface area (TPSA) is 106 Å². The quantitative estimate of drug-likeness (QED) is 0.580. The number of esters is 1. The fraction of sp³-hybridized carbons (Fsp3) is 0.440. The maximum absolute atomic E-state index is 12.9. The lowest BCUT2D eigenvalue weighted by Crippen LogP contribution is -2.51. The number of nitrogens with one attached hydrogen (secondary N) is 2. The van der Waals surface area contributed by atoms with Crippen molar-refractivity contribution in [1.82, 2.24) is 20.4 Å². The van der Waals surface area contributed by atoms with Gasteiger partial charge in [-0.25, -0.2) is 9.59 Å². The van der Waals surface area contributed by atoms with Crippen molar-refractivity contribution in [2.24, 2.45) is 0 Å². The number of hydrogen-bond donors (Lipinski definition) is 2. The van der Waals surface area contributed by atoms with Crippen LogP contribution in [0.3, 0.4) is 0 Å². The molecule has 35 heavy (non-hydrogen) atoms. The van der Waals surface area contributed by atoms with Gasteiger partial charge in [0.25, 0.3) is 0 Å². The molecule has 1 unspecified atom stereocenters. The van der Waals surface area contributed by atoms with Crippen molar-refractivity contribution in [1.29, 1.82) is 0 Å². The first-order chi connectivity index (χ1) is 17.0. The van der Waals surface area contributed by atoms with Crippen LogP contribution in [-0.2, 0) is 16.1 Å². The van der Waals surface area contributed by atoms with Crippen LogP contribution in [0.25, 0.3) is 0 Å². The third-order valence-electron chi connectivity index (χ3n) is 6.38. The molecule has 1 aromatic carbocycles. The third kappa shape index (κ3) is 5.13. The van der Waals surface area contributed by atoms with Crippen LogP contribution in [0.2, 0.25) is 0 Å². The number of carbonyl (C=O) groups is 2. The van der Waals surface area contributed by atoms with E-state index >= 15 is 0 Å². The molecule has 0 radical (unpaired) electrons. The molecule has 1 aromatic heterocycles. The second kappa shape index (κ2) is 10.0. The Hall–Kier alpha value is -3.50. The molecule has 10 heteroatoms.